The van der Waals surface area contributed by atoms with Gasteiger partial charge in [-0.05, 0) is 41.8 Å². The molecule has 11 heteroatoms. The topological polar surface area (TPSA) is 120 Å². The standard InChI is InChI=1S/C20H15ClN4O4S2/c21-11-3-4-13-15(8-11)23-20(25(19(13)28)9-12-2-1-6-29-12)31-10-16(26)24-18-14(17(22)27)5-7-30-18/h1-8H,9-10H2,(H2,22,27)(H,24,26). The average Bonchev–Trinajstić information content (AvgIpc) is 3.40. The van der Waals surface area contributed by atoms with Gasteiger partial charge in [0.15, 0.2) is 5.16 Å². The molecule has 8 nitrogen and oxygen atoms in total. The number of anilines is 1. The Morgan fingerprint density at radius 3 is 2.87 bits per heavy atom. The number of benzene rings is 1. The average molecular weight is 475 g/mol. The Labute approximate surface area is 189 Å². The highest BCUT2D eigenvalue weighted by atomic mass is 35.5. The van der Waals surface area contributed by atoms with Crippen LogP contribution in [0.1, 0.15) is 16.1 Å². The van der Waals surface area contributed by atoms with Gasteiger partial charge in [-0.25, -0.2) is 4.98 Å². The van der Waals surface area contributed by atoms with Crippen molar-refractivity contribution in [3.05, 3.63) is 74.7 Å². The summed E-state index contributed by atoms with van der Waals surface area (Å²) in [6.07, 6.45) is 1.52. The molecule has 0 spiro atoms. The Balaban J connectivity index is 1.62. The molecule has 2 amide bonds. The van der Waals surface area contributed by atoms with Gasteiger partial charge in [-0.15, -0.1) is 11.3 Å². The maximum absolute atomic E-state index is 13.1. The first-order chi connectivity index (χ1) is 14.9. The third kappa shape index (κ3) is 4.66. The van der Waals surface area contributed by atoms with Gasteiger partial charge < -0.3 is 15.5 Å². The minimum Gasteiger partial charge on any atom is -0.467 e. The Hall–Kier alpha value is -3.08. The minimum atomic E-state index is -0.621. The molecule has 3 N–H and O–H groups in total. The molecule has 0 fully saturated rings. The van der Waals surface area contributed by atoms with Crippen LogP contribution >= 0.6 is 34.7 Å². The third-order valence-corrected chi connectivity index (χ3v) is 6.33. The zero-order valence-electron chi connectivity index (χ0n) is 15.8. The Bertz CT molecular complexity index is 1330. The van der Waals surface area contributed by atoms with Crippen molar-refractivity contribution in [3.63, 3.8) is 0 Å². The molecule has 0 atom stereocenters. The second-order valence-corrected chi connectivity index (χ2v) is 8.69. The molecule has 1 aromatic carbocycles. The van der Waals surface area contributed by atoms with Gasteiger partial charge in [-0.3, -0.25) is 19.0 Å². The number of halogens is 1. The number of hydrogen-bond acceptors (Lipinski definition) is 7. The first-order valence-corrected chi connectivity index (χ1v) is 11.2. The summed E-state index contributed by atoms with van der Waals surface area (Å²) in [4.78, 5) is 41.5. The van der Waals surface area contributed by atoms with Crippen LogP contribution in [0, 0.1) is 0 Å². The van der Waals surface area contributed by atoms with Gasteiger partial charge >= 0.3 is 0 Å². The summed E-state index contributed by atoms with van der Waals surface area (Å²) >= 11 is 8.35. The van der Waals surface area contributed by atoms with Crippen LogP contribution in [0.2, 0.25) is 5.02 Å². The van der Waals surface area contributed by atoms with Crippen molar-refractivity contribution in [2.75, 3.05) is 11.1 Å². The highest BCUT2D eigenvalue weighted by Crippen LogP contribution is 2.25. The van der Waals surface area contributed by atoms with E-state index in [1.807, 2.05) is 0 Å². The molecular formula is C20H15ClN4O4S2. The van der Waals surface area contributed by atoms with Crippen molar-refractivity contribution < 1.29 is 14.0 Å². The smallest absolute Gasteiger partial charge is 0.262 e. The number of fused-ring (bicyclic) bond motifs is 1. The largest absolute Gasteiger partial charge is 0.467 e. The zero-order valence-corrected chi connectivity index (χ0v) is 18.2. The molecule has 4 aromatic rings. The van der Waals surface area contributed by atoms with E-state index in [9.17, 15) is 14.4 Å². The van der Waals surface area contributed by atoms with E-state index in [1.54, 1.807) is 41.8 Å². The van der Waals surface area contributed by atoms with Gasteiger partial charge in [0.1, 0.15) is 10.8 Å². The van der Waals surface area contributed by atoms with Gasteiger partial charge in [0.25, 0.3) is 11.5 Å². The normalized spacial score (nSPS) is 11.0. The first-order valence-electron chi connectivity index (χ1n) is 8.95. The molecule has 0 saturated heterocycles. The van der Waals surface area contributed by atoms with E-state index < -0.39 is 5.91 Å². The number of primary amides is 1. The van der Waals surface area contributed by atoms with Crippen molar-refractivity contribution in [2.45, 2.75) is 11.7 Å². The molecule has 0 aliphatic rings. The molecule has 0 aliphatic carbocycles. The molecule has 0 aliphatic heterocycles. The van der Waals surface area contributed by atoms with Gasteiger partial charge in [0.2, 0.25) is 5.91 Å². The summed E-state index contributed by atoms with van der Waals surface area (Å²) in [5.74, 6) is -0.440. The van der Waals surface area contributed by atoms with Crippen molar-refractivity contribution in [1.82, 2.24) is 9.55 Å². The Morgan fingerprint density at radius 1 is 1.29 bits per heavy atom. The van der Waals surface area contributed by atoms with E-state index in [-0.39, 0.29) is 29.3 Å². The van der Waals surface area contributed by atoms with Crippen LogP contribution in [-0.2, 0) is 11.3 Å². The molecule has 0 saturated carbocycles. The lowest BCUT2D eigenvalue weighted by Gasteiger charge is -2.12. The summed E-state index contributed by atoms with van der Waals surface area (Å²) in [5, 5.41) is 5.92. The van der Waals surface area contributed by atoms with Crippen LogP contribution in [0.25, 0.3) is 10.9 Å². The fraction of sp³-hybridized carbons (Fsp3) is 0.100. The summed E-state index contributed by atoms with van der Waals surface area (Å²) in [6.45, 7) is 0.165. The molecule has 3 heterocycles. The van der Waals surface area contributed by atoms with E-state index in [4.69, 9.17) is 21.8 Å². The van der Waals surface area contributed by atoms with Crippen LogP contribution in [0.15, 0.2) is 62.4 Å². The van der Waals surface area contributed by atoms with E-state index in [1.165, 1.54) is 22.2 Å². The lowest BCUT2D eigenvalue weighted by Crippen LogP contribution is -2.25. The van der Waals surface area contributed by atoms with Gasteiger partial charge in [-0.2, -0.15) is 0 Å². The van der Waals surface area contributed by atoms with Crippen LogP contribution in [0.3, 0.4) is 0 Å². The van der Waals surface area contributed by atoms with E-state index >= 15 is 0 Å². The number of thioether (sulfide) groups is 1. The zero-order chi connectivity index (χ0) is 22.0. The molecule has 158 valence electrons. The number of nitrogens with two attached hydrogens (primary N) is 1. The molecule has 0 radical (unpaired) electrons. The minimum absolute atomic E-state index is 0.0350. The lowest BCUT2D eigenvalue weighted by molar-refractivity contribution is -0.113. The second-order valence-electron chi connectivity index (χ2n) is 6.39. The number of thiophene rings is 1. The Morgan fingerprint density at radius 2 is 2.13 bits per heavy atom. The number of rotatable bonds is 7. The second kappa shape index (κ2) is 8.96. The van der Waals surface area contributed by atoms with Crippen molar-refractivity contribution >= 4 is 62.4 Å². The maximum Gasteiger partial charge on any atom is 0.262 e. The van der Waals surface area contributed by atoms with Gasteiger partial charge in [-0.1, -0.05) is 23.4 Å². The summed E-state index contributed by atoms with van der Waals surface area (Å²) in [7, 11) is 0. The molecular weight excluding hydrogens is 460 g/mol. The number of amides is 2. The number of furan rings is 1. The van der Waals surface area contributed by atoms with E-state index in [0.717, 1.165) is 11.8 Å². The highest BCUT2D eigenvalue weighted by Gasteiger charge is 2.17. The SMILES string of the molecule is NC(=O)c1ccsc1NC(=O)CSc1nc2cc(Cl)ccc2c(=O)n1Cc1ccco1. The lowest BCUT2D eigenvalue weighted by atomic mass is 10.2. The van der Waals surface area contributed by atoms with E-state index in [2.05, 4.69) is 10.3 Å². The fourth-order valence-corrected chi connectivity index (χ4v) is 4.65. The number of carbonyl (C=O) groups is 2. The summed E-state index contributed by atoms with van der Waals surface area (Å²) < 4.78 is 6.82. The number of hydrogen-bond donors (Lipinski definition) is 2. The van der Waals surface area contributed by atoms with E-state index in [0.29, 0.717) is 31.8 Å². The Kier molecular flexibility index (Phi) is 6.12. The molecule has 3 aromatic heterocycles. The molecule has 0 bridgehead atoms. The third-order valence-electron chi connectivity index (χ3n) is 4.29. The number of carbonyl (C=O) groups excluding carboxylic acids is 2. The molecule has 31 heavy (non-hydrogen) atoms. The summed E-state index contributed by atoms with van der Waals surface area (Å²) in [5.41, 5.74) is 5.72. The number of nitrogens with zero attached hydrogens (tertiary/aromatic N) is 2. The fourth-order valence-electron chi connectivity index (χ4n) is 2.87. The van der Waals surface area contributed by atoms with Crippen molar-refractivity contribution in [1.29, 1.82) is 0 Å². The van der Waals surface area contributed by atoms with Gasteiger partial charge in [0.05, 0.1) is 35.0 Å². The van der Waals surface area contributed by atoms with Gasteiger partial charge in [0, 0.05) is 5.02 Å². The number of aromatic nitrogens is 2. The first kappa shape index (κ1) is 21.2. The monoisotopic (exact) mass is 474 g/mol. The van der Waals surface area contributed by atoms with Crippen LogP contribution < -0.4 is 16.6 Å². The predicted octanol–water partition coefficient (Wildman–Crippen LogP) is 3.58. The summed E-state index contributed by atoms with van der Waals surface area (Å²) in [6, 6.07) is 9.88. The maximum atomic E-state index is 13.1. The number of nitrogens with one attached hydrogen (secondary N) is 1. The van der Waals surface area contributed by atoms with Crippen LogP contribution in [0.5, 0.6) is 0 Å². The molecule has 4 rings (SSSR count). The quantitative estimate of drug-likeness (QED) is 0.312. The highest BCUT2D eigenvalue weighted by molar-refractivity contribution is 7.99. The van der Waals surface area contributed by atoms with Crippen molar-refractivity contribution in [2.24, 2.45) is 5.73 Å². The van der Waals surface area contributed by atoms with Crippen LogP contribution in [0.4, 0.5) is 5.00 Å². The van der Waals surface area contributed by atoms with Crippen molar-refractivity contribution in [3.8, 4) is 0 Å². The predicted molar refractivity (Wildman–Crippen MR) is 121 cm³/mol. The van der Waals surface area contributed by atoms with Crippen LogP contribution in [-0.4, -0.2) is 27.1 Å². The molecule has 0 unspecified atom stereocenters.